The van der Waals surface area contributed by atoms with E-state index in [1.54, 1.807) is 12.1 Å². The van der Waals surface area contributed by atoms with Crippen molar-refractivity contribution in [2.24, 2.45) is 0 Å². The summed E-state index contributed by atoms with van der Waals surface area (Å²) in [5, 5.41) is 3.32. The maximum Gasteiger partial charge on any atom is 0.164 e. The number of nitrogens with zero attached hydrogens (tertiary/aromatic N) is 3. The van der Waals surface area contributed by atoms with Crippen molar-refractivity contribution in [3.8, 4) is 56.4 Å². The zero-order valence-corrected chi connectivity index (χ0v) is 25.4. The predicted molar refractivity (Wildman–Crippen MR) is 197 cm³/mol. The van der Waals surface area contributed by atoms with E-state index in [9.17, 15) is 0 Å². The van der Waals surface area contributed by atoms with E-state index in [4.69, 9.17) is 28.7 Å². The zero-order chi connectivity index (χ0) is 39.9. The van der Waals surface area contributed by atoms with Gasteiger partial charge in [-0.3, -0.25) is 0 Å². The van der Waals surface area contributed by atoms with Gasteiger partial charge in [0, 0.05) is 42.4 Å². The Bertz CT molecular complexity index is 3090. The van der Waals surface area contributed by atoms with Crippen LogP contribution in [0, 0.1) is 0 Å². The molecule has 0 radical (unpaired) electrons. The molecular formula is C43H27N3S. The quantitative estimate of drug-likeness (QED) is 0.191. The van der Waals surface area contributed by atoms with Crippen molar-refractivity contribution in [3.63, 3.8) is 0 Å². The Morgan fingerprint density at radius 2 is 1.13 bits per heavy atom. The van der Waals surface area contributed by atoms with Gasteiger partial charge in [-0.05, 0) is 51.7 Å². The van der Waals surface area contributed by atoms with Crippen LogP contribution in [-0.4, -0.2) is 15.0 Å². The molecule has 3 nitrogen and oxygen atoms in total. The fraction of sp³-hybridized carbons (Fsp3) is 0. The molecule has 0 saturated carbocycles. The van der Waals surface area contributed by atoms with E-state index in [1.165, 1.54) is 11.3 Å². The molecule has 220 valence electrons. The fourth-order valence-corrected chi connectivity index (χ4v) is 7.12. The Balaban J connectivity index is 1.39. The molecule has 9 rings (SSSR count). The summed E-state index contributed by atoms with van der Waals surface area (Å²) in [7, 11) is 0. The summed E-state index contributed by atoms with van der Waals surface area (Å²) in [6, 6.07) is 27.6. The summed E-state index contributed by atoms with van der Waals surface area (Å²) in [4.78, 5) is 15.0. The summed E-state index contributed by atoms with van der Waals surface area (Å²) >= 11 is 1.34. The Morgan fingerprint density at radius 1 is 0.447 bits per heavy atom. The normalized spacial score (nSPS) is 14.4. The second-order valence-corrected chi connectivity index (χ2v) is 12.0. The van der Waals surface area contributed by atoms with Gasteiger partial charge in [-0.2, -0.15) is 0 Å². The van der Waals surface area contributed by atoms with Gasteiger partial charge in [-0.15, -0.1) is 11.3 Å². The average molecular weight is 628 g/mol. The van der Waals surface area contributed by atoms with Crippen molar-refractivity contribution in [3.05, 3.63) is 164 Å². The monoisotopic (exact) mass is 627 g/mol. The molecule has 0 N–H and O–H groups in total. The van der Waals surface area contributed by atoms with E-state index in [0.29, 0.717) is 38.5 Å². The topological polar surface area (TPSA) is 38.7 Å². The third-order valence-corrected chi connectivity index (χ3v) is 9.27. The molecule has 0 fully saturated rings. The standard InChI is InChI=1S/C43H27N3S/c1-4-13-28(14-5-1)34-26-36(30-16-6-2-7-17-30)40-37(27-34)39-35(21-12-22-38(39)47-40)43-45-41(31-18-8-3-9-19-31)44-42(46-43)33-24-23-29-15-10-11-20-32(29)25-33/h1-27H/i1D,2D,4D,5D,6D,7D,13D,14D,16D,17D. The van der Waals surface area contributed by atoms with E-state index >= 15 is 0 Å². The van der Waals surface area contributed by atoms with Crippen LogP contribution in [0.5, 0.6) is 0 Å². The Labute approximate surface area is 290 Å². The van der Waals surface area contributed by atoms with Crippen LogP contribution >= 0.6 is 11.3 Å². The van der Waals surface area contributed by atoms with Gasteiger partial charge in [0.25, 0.3) is 0 Å². The molecule has 47 heavy (non-hydrogen) atoms. The highest BCUT2D eigenvalue weighted by molar-refractivity contribution is 7.26. The number of hydrogen-bond donors (Lipinski definition) is 0. The molecule has 2 heterocycles. The van der Waals surface area contributed by atoms with Gasteiger partial charge in [0.05, 0.1) is 13.7 Å². The average Bonchev–Trinajstić information content (AvgIpc) is 3.63. The molecule has 0 aliphatic carbocycles. The number of benzene rings is 7. The van der Waals surface area contributed by atoms with Gasteiger partial charge in [-0.25, -0.2) is 15.0 Å². The molecule has 0 atom stereocenters. The van der Waals surface area contributed by atoms with Crippen LogP contribution in [0.2, 0.25) is 0 Å². The summed E-state index contributed by atoms with van der Waals surface area (Å²) in [6.07, 6.45) is 0. The van der Waals surface area contributed by atoms with Gasteiger partial charge < -0.3 is 0 Å². The smallest absolute Gasteiger partial charge is 0.164 e. The van der Waals surface area contributed by atoms with Crippen LogP contribution in [0.1, 0.15) is 13.7 Å². The third-order valence-electron chi connectivity index (χ3n) is 8.07. The van der Waals surface area contributed by atoms with Crippen LogP contribution in [-0.2, 0) is 0 Å². The van der Waals surface area contributed by atoms with Gasteiger partial charge in [0.1, 0.15) is 0 Å². The SMILES string of the molecule is [2H]c1c([2H])c([2H])c(-c2cc(-c3c([2H])c([2H])c([2H])c([2H])c3[2H])c3sc4cccc(-c5nc(-c6ccccc6)nc(-c6ccc7ccccc7c6)n5)c4c3c2)c([2H])c1[2H]. The molecule has 2 aromatic heterocycles. The van der Waals surface area contributed by atoms with Crippen molar-refractivity contribution in [1.82, 2.24) is 15.0 Å². The van der Waals surface area contributed by atoms with Crippen molar-refractivity contribution in [1.29, 1.82) is 0 Å². The van der Waals surface area contributed by atoms with E-state index in [0.717, 1.165) is 26.6 Å². The van der Waals surface area contributed by atoms with E-state index in [-0.39, 0.29) is 22.3 Å². The minimum Gasteiger partial charge on any atom is -0.208 e. The molecule has 9 aromatic rings. The minimum absolute atomic E-state index is 0.0709. The number of fused-ring (bicyclic) bond motifs is 4. The minimum atomic E-state index is -0.546. The highest BCUT2D eigenvalue weighted by Gasteiger charge is 2.19. The van der Waals surface area contributed by atoms with Gasteiger partial charge >= 0.3 is 0 Å². The molecule has 0 spiro atoms. The summed E-state index contributed by atoms with van der Waals surface area (Å²) < 4.78 is 87.2. The molecule has 0 saturated heterocycles. The lowest BCUT2D eigenvalue weighted by molar-refractivity contribution is 1.08. The Morgan fingerprint density at radius 3 is 1.91 bits per heavy atom. The largest absolute Gasteiger partial charge is 0.208 e. The number of rotatable bonds is 5. The predicted octanol–water partition coefficient (Wildman–Crippen LogP) is 11.7. The first kappa shape index (κ1) is 18.9. The van der Waals surface area contributed by atoms with Crippen LogP contribution in [0.15, 0.2) is 164 Å². The van der Waals surface area contributed by atoms with Gasteiger partial charge in [-0.1, -0.05) is 139 Å². The van der Waals surface area contributed by atoms with Crippen molar-refractivity contribution in [2.45, 2.75) is 0 Å². The van der Waals surface area contributed by atoms with Crippen LogP contribution in [0.25, 0.3) is 87.4 Å². The van der Waals surface area contributed by atoms with Gasteiger partial charge in [0.2, 0.25) is 0 Å². The second-order valence-electron chi connectivity index (χ2n) is 10.9. The third kappa shape index (κ3) is 4.96. The van der Waals surface area contributed by atoms with Gasteiger partial charge in [0.15, 0.2) is 17.5 Å². The first-order valence-electron chi connectivity index (χ1n) is 19.9. The number of aromatic nitrogens is 3. The van der Waals surface area contributed by atoms with Crippen LogP contribution in [0.3, 0.4) is 0 Å². The number of thiophene rings is 1. The maximum absolute atomic E-state index is 8.92. The van der Waals surface area contributed by atoms with E-state index in [2.05, 4.69) is 0 Å². The highest BCUT2D eigenvalue weighted by Crippen LogP contribution is 2.45. The second kappa shape index (κ2) is 11.4. The molecule has 0 aliphatic rings. The first-order valence-corrected chi connectivity index (χ1v) is 15.7. The highest BCUT2D eigenvalue weighted by atomic mass is 32.1. The summed E-state index contributed by atoms with van der Waals surface area (Å²) in [5.74, 6) is 1.25. The van der Waals surface area contributed by atoms with Crippen molar-refractivity contribution < 1.29 is 13.7 Å². The fourth-order valence-electron chi connectivity index (χ4n) is 5.89. The lowest BCUT2D eigenvalue weighted by Gasteiger charge is -2.11. The lowest BCUT2D eigenvalue weighted by atomic mass is 9.95. The lowest BCUT2D eigenvalue weighted by Crippen LogP contribution is -2.00. The molecular weight excluding hydrogens is 591 g/mol. The van der Waals surface area contributed by atoms with E-state index < -0.39 is 60.4 Å². The van der Waals surface area contributed by atoms with Crippen LogP contribution in [0.4, 0.5) is 0 Å². The van der Waals surface area contributed by atoms with Crippen molar-refractivity contribution in [2.75, 3.05) is 0 Å². The Kier molecular flexibility index (Phi) is 4.59. The summed E-state index contributed by atoms with van der Waals surface area (Å²) in [5.41, 5.74) is 2.49. The van der Waals surface area contributed by atoms with E-state index in [1.807, 2.05) is 91.0 Å². The van der Waals surface area contributed by atoms with Crippen LogP contribution < -0.4 is 0 Å². The molecule has 4 heteroatoms. The molecule has 7 aromatic carbocycles. The molecule has 0 bridgehead atoms. The first-order chi connectivity index (χ1) is 27.4. The maximum atomic E-state index is 8.92. The molecule has 0 amide bonds. The Hall–Kier alpha value is -5.97. The zero-order valence-electron chi connectivity index (χ0n) is 34.6. The summed E-state index contributed by atoms with van der Waals surface area (Å²) in [6.45, 7) is 0. The molecule has 0 aliphatic heterocycles. The molecule has 0 unspecified atom stereocenters. The number of hydrogen-bond acceptors (Lipinski definition) is 4. The van der Waals surface area contributed by atoms with Crippen molar-refractivity contribution >= 4 is 42.3 Å².